The fraction of sp³-hybridized carbons (Fsp3) is 0.333. The molecular weight excluding hydrogens is 406 g/mol. The summed E-state index contributed by atoms with van der Waals surface area (Å²) in [4.78, 5) is 23.7. The van der Waals surface area contributed by atoms with Crippen LogP contribution in [0, 0.1) is 0 Å². The van der Waals surface area contributed by atoms with Crippen molar-refractivity contribution >= 4 is 27.5 Å². The number of anilines is 1. The lowest BCUT2D eigenvalue weighted by molar-refractivity contribution is -0.121. The second-order valence-corrected chi connectivity index (χ2v) is 8.64. The van der Waals surface area contributed by atoms with E-state index in [0.29, 0.717) is 11.4 Å². The summed E-state index contributed by atoms with van der Waals surface area (Å²) in [5.41, 5.74) is 1.23. The number of carbonyl (C=O) groups is 2. The van der Waals surface area contributed by atoms with Gasteiger partial charge in [-0.3, -0.25) is 14.3 Å². The number of amides is 2. The van der Waals surface area contributed by atoms with Gasteiger partial charge < -0.3 is 15.4 Å². The molecule has 2 aromatic carbocycles. The van der Waals surface area contributed by atoms with E-state index >= 15 is 0 Å². The molecule has 0 bridgehead atoms. The van der Waals surface area contributed by atoms with Crippen molar-refractivity contribution in [2.75, 3.05) is 23.6 Å². The fourth-order valence-corrected chi connectivity index (χ4v) is 3.58. The van der Waals surface area contributed by atoms with Gasteiger partial charge in [-0.05, 0) is 43.7 Å². The Bertz CT molecular complexity index is 929. The number of carbonyl (C=O) groups excluding carboxylic acids is 2. The highest BCUT2D eigenvalue weighted by molar-refractivity contribution is 7.93. The Morgan fingerprint density at radius 2 is 1.50 bits per heavy atom. The zero-order valence-corrected chi connectivity index (χ0v) is 17.9. The maximum atomic E-state index is 12.1. The molecule has 162 valence electrons. The van der Waals surface area contributed by atoms with E-state index in [1.54, 1.807) is 24.3 Å². The Morgan fingerprint density at radius 1 is 0.900 bits per heavy atom. The number of hydrogen-bond acceptors (Lipinski definition) is 5. The number of sulfonamides is 1. The lowest BCUT2D eigenvalue weighted by Gasteiger charge is -2.12. The van der Waals surface area contributed by atoms with Gasteiger partial charge in [0.2, 0.25) is 21.8 Å². The minimum atomic E-state index is -3.85. The lowest BCUT2D eigenvalue weighted by atomic mass is 10.1. The summed E-state index contributed by atoms with van der Waals surface area (Å²) < 4.78 is 32.1. The van der Waals surface area contributed by atoms with E-state index < -0.39 is 21.7 Å². The van der Waals surface area contributed by atoms with Crippen molar-refractivity contribution in [1.82, 2.24) is 10.6 Å². The van der Waals surface area contributed by atoms with Crippen molar-refractivity contribution < 1.29 is 22.7 Å². The molecule has 0 unspecified atom stereocenters. The molecule has 0 atom stereocenters. The normalized spacial score (nSPS) is 11.0. The quantitative estimate of drug-likeness (QED) is 0.467. The summed E-state index contributed by atoms with van der Waals surface area (Å²) in [7, 11) is -3.85. The second kappa shape index (κ2) is 11.2. The minimum Gasteiger partial charge on any atom is -0.491 e. The molecule has 0 aromatic heterocycles. The molecule has 0 aliphatic rings. The highest BCUT2D eigenvalue weighted by atomic mass is 32.2. The molecule has 3 N–H and O–H groups in total. The Kier molecular flexibility index (Phi) is 8.67. The van der Waals surface area contributed by atoms with E-state index in [0.717, 1.165) is 5.56 Å². The van der Waals surface area contributed by atoms with Crippen LogP contribution in [0.15, 0.2) is 54.6 Å². The molecule has 9 heteroatoms. The molecule has 2 aromatic rings. The maximum Gasteiger partial charge on any atom is 0.241 e. The Labute approximate surface area is 177 Å². The molecule has 0 saturated heterocycles. The molecule has 0 heterocycles. The third kappa shape index (κ3) is 8.95. The number of benzene rings is 2. The Hall–Kier alpha value is -3.07. The average molecular weight is 434 g/mol. The number of ether oxygens (including phenoxy) is 1. The van der Waals surface area contributed by atoms with Crippen LogP contribution in [0.3, 0.4) is 0 Å². The molecule has 0 aliphatic heterocycles. The van der Waals surface area contributed by atoms with Gasteiger partial charge in [-0.25, -0.2) is 8.42 Å². The van der Waals surface area contributed by atoms with E-state index in [4.69, 9.17) is 4.74 Å². The van der Waals surface area contributed by atoms with Crippen molar-refractivity contribution in [1.29, 1.82) is 0 Å². The molecule has 8 nitrogen and oxygen atoms in total. The third-order valence-corrected chi connectivity index (χ3v) is 4.99. The van der Waals surface area contributed by atoms with Gasteiger partial charge >= 0.3 is 0 Å². The third-order valence-electron chi connectivity index (χ3n) is 3.80. The molecule has 2 amide bonds. The second-order valence-electron chi connectivity index (χ2n) is 6.91. The zero-order chi connectivity index (χ0) is 22.0. The summed E-state index contributed by atoms with van der Waals surface area (Å²) in [5.74, 6) is -0.913. The van der Waals surface area contributed by atoms with E-state index in [-0.39, 0.29) is 31.5 Å². The first-order valence-electron chi connectivity index (χ1n) is 9.58. The molecule has 2 rings (SSSR count). The first-order valence-corrected chi connectivity index (χ1v) is 11.2. The molecule has 0 saturated carbocycles. The largest absolute Gasteiger partial charge is 0.491 e. The maximum absolute atomic E-state index is 12.1. The summed E-state index contributed by atoms with van der Waals surface area (Å²) in [5, 5.41) is 5.16. The van der Waals surface area contributed by atoms with Gasteiger partial charge in [-0.2, -0.15) is 0 Å². The molecular formula is C21H27N3O5S. The summed E-state index contributed by atoms with van der Waals surface area (Å²) in [6.45, 7) is 4.13. The van der Waals surface area contributed by atoms with Crippen molar-refractivity contribution in [3.8, 4) is 5.75 Å². The Balaban J connectivity index is 1.69. The van der Waals surface area contributed by atoms with Crippen LogP contribution in [-0.2, 0) is 26.0 Å². The van der Waals surface area contributed by atoms with E-state index in [1.165, 1.54) is 0 Å². The minimum absolute atomic E-state index is 0.0133. The van der Waals surface area contributed by atoms with Gasteiger partial charge in [0, 0.05) is 18.8 Å². The summed E-state index contributed by atoms with van der Waals surface area (Å²) in [6.07, 6.45) is 0.257. The van der Waals surface area contributed by atoms with E-state index in [1.807, 2.05) is 44.2 Å². The number of nitrogens with one attached hydrogen (secondary N) is 3. The molecule has 0 radical (unpaired) electrons. The van der Waals surface area contributed by atoms with Crippen LogP contribution in [-0.4, -0.2) is 45.2 Å². The average Bonchev–Trinajstić information content (AvgIpc) is 2.66. The Morgan fingerprint density at radius 3 is 2.10 bits per heavy atom. The van der Waals surface area contributed by atoms with Crippen LogP contribution in [0.25, 0.3) is 0 Å². The summed E-state index contributed by atoms with van der Waals surface area (Å²) >= 11 is 0. The SMILES string of the molecule is CC(C)Oc1ccc(NS(=O)(=O)CC(=O)NCCNC(=O)Cc2ccccc2)cc1. The highest BCUT2D eigenvalue weighted by Crippen LogP contribution is 2.17. The number of hydrogen-bond donors (Lipinski definition) is 3. The highest BCUT2D eigenvalue weighted by Gasteiger charge is 2.16. The van der Waals surface area contributed by atoms with Gasteiger partial charge in [0.15, 0.2) is 0 Å². The van der Waals surface area contributed by atoms with Crippen molar-refractivity contribution in [2.24, 2.45) is 0 Å². The first-order chi connectivity index (χ1) is 14.2. The van der Waals surface area contributed by atoms with Crippen molar-refractivity contribution in [3.63, 3.8) is 0 Å². The van der Waals surface area contributed by atoms with Crippen LogP contribution < -0.4 is 20.1 Å². The lowest BCUT2D eigenvalue weighted by Crippen LogP contribution is -2.38. The summed E-state index contributed by atoms with van der Waals surface area (Å²) in [6, 6.07) is 15.7. The predicted molar refractivity (Wildman–Crippen MR) is 116 cm³/mol. The smallest absolute Gasteiger partial charge is 0.241 e. The predicted octanol–water partition coefficient (Wildman–Crippen LogP) is 1.69. The van der Waals surface area contributed by atoms with Crippen molar-refractivity contribution in [3.05, 3.63) is 60.2 Å². The molecule has 30 heavy (non-hydrogen) atoms. The molecule has 0 spiro atoms. The van der Waals surface area contributed by atoms with Gasteiger partial charge in [0.25, 0.3) is 0 Å². The van der Waals surface area contributed by atoms with Crippen LogP contribution in [0.2, 0.25) is 0 Å². The molecule has 0 aliphatic carbocycles. The topological polar surface area (TPSA) is 114 Å². The van der Waals surface area contributed by atoms with Crippen molar-refractivity contribution in [2.45, 2.75) is 26.4 Å². The van der Waals surface area contributed by atoms with Gasteiger partial charge in [0.1, 0.15) is 11.5 Å². The van der Waals surface area contributed by atoms with Gasteiger partial charge in [-0.1, -0.05) is 30.3 Å². The zero-order valence-electron chi connectivity index (χ0n) is 17.1. The number of rotatable bonds is 11. The molecule has 0 fully saturated rings. The van der Waals surface area contributed by atoms with Gasteiger partial charge in [0.05, 0.1) is 12.5 Å². The van der Waals surface area contributed by atoms with Crippen LogP contribution in [0.1, 0.15) is 19.4 Å². The van der Waals surface area contributed by atoms with E-state index in [2.05, 4.69) is 15.4 Å². The van der Waals surface area contributed by atoms with Gasteiger partial charge in [-0.15, -0.1) is 0 Å². The first kappa shape index (κ1) is 23.2. The monoisotopic (exact) mass is 433 g/mol. The van der Waals surface area contributed by atoms with Crippen LogP contribution in [0.5, 0.6) is 5.75 Å². The van der Waals surface area contributed by atoms with Crippen LogP contribution in [0.4, 0.5) is 5.69 Å². The fourth-order valence-electron chi connectivity index (χ4n) is 2.56. The van der Waals surface area contributed by atoms with Crippen LogP contribution >= 0.6 is 0 Å². The van der Waals surface area contributed by atoms with E-state index in [9.17, 15) is 18.0 Å². The standard InChI is InChI=1S/C21H27N3O5S/c1-16(2)29-19-10-8-18(9-11-19)24-30(27,28)15-21(26)23-13-12-22-20(25)14-17-6-4-3-5-7-17/h3-11,16,24H,12-15H2,1-2H3,(H,22,25)(H,23,26).